The normalized spacial score (nSPS) is 17.9. The Bertz CT molecular complexity index is 997. The van der Waals surface area contributed by atoms with Crippen LogP contribution in [-0.2, 0) is 10.3 Å². The molecule has 0 bridgehead atoms. The molecule has 1 heterocycles. The largest absolute Gasteiger partial charge is 0.508 e. The predicted octanol–water partition coefficient (Wildman–Crippen LogP) is 4.45. The Balaban J connectivity index is 0.000000420. The standard InChI is InChI=1S/C21H29N5O2.C6H13N/c1-5-26(6-2)10-7-11-28-25-19-16-12-14(27)8-9-15(16)18-17(21(19,3)4)20(22)24-13-23-18;7-6-4-2-1-3-5-6/h8-9,12-13,27H,5-7,10-11H2,1-4H3,(H2,22,23,24);6H,1-5,7H2/b25-19+;. The van der Waals surface area contributed by atoms with E-state index in [2.05, 4.69) is 33.9 Å². The highest BCUT2D eigenvalue weighted by Gasteiger charge is 2.40. The smallest absolute Gasteiger partial charge is 0.131 e. The topological polar surface area (TPSA) is 123 Å². The van der Waals surface area contributed by atoms with E-state index in [0.717, 1.165) is 54.2 Å². The van der Waals surface area contributed by atoms with Gasteiger partial charge in [0.2, 0.25) is 0 Å². The van der Waals surface area contributed by atoms with Gasteiger partial charge in [-0.2, -0.15) is 0 Å². The van der Waals surface area contributed by atoms with E-state index in [4.69, 9.17) is 16.3 Å². The lowest BCUT2D eigenvalue weighted by Gasteiger charge is -2.34. The Labute approximate surface area is 209 Å². The van der Waals surface area contributed by atoms with Gasteiger partial charge in [0.05, 0.1) is 11.4 Å². The lowest BCUT2D eigenvalue weighted by Crippen LogP contribution is -2.36. The highest BCUT2D eigenvalue weighted by atomic mass is 16.6. The fraction of sp³-hybridized carbons (Fsp3) is 0.593. The van der Waals surface area contributed by atoms with Crippen LogP contribution >= 0.6 is 0 Å². The summed E-state index contributed by atoms with van der Waals surface area (Å²) in [7, 11) is 0. The summed E-state index contributed by atoms with van der Waals surface area (Å²) in [5.41, 5.74) is 15.3. The summed E-state index contributed by atoms with van der Waals surface area (Å²) in [5.74, 6) is 0.609. The quantitative estimate of drug-likeness (QED) is 0.393. The first-order chi connectivity index (χ1) is 16.8. The van der Waals surface area contributed by atoms with E-state index in [1.54, 1.807) is 12.1 Å². The Kier molecular flexibility index (Phi) is 9.46. The molecule has 0 aliphatic heterocycles. The number of phenolic OH excluding ortho intramolecular Hbond substituents is 1. The minimum Gasteiger partial charge on any atom is -0.508 e. The van der Waals surface area contributed by atoms with Crippen molar-refractivity contribution in [1.29, 1.82) is 0 Å². The Morgan fingerprint density at radius 1 is 1.11 bits per heavy atom. The number of nitrogen functional groups attached to an aromatic ring is 1. The molecule has 8 nitrogen and oxygen atoms in total. The average Bonchev–Trinajstić information content (AvgIpc) is 2.83. The van der Waals surface area contributed by atoms with Gasteiger partial charge in [-0.25, -0.2) is 9.97 Å². The number of nitrogens with zero attached hydrogens (tertiary/aromatic N) is 4. The van der Waals surface area contributed by atoms with Gasteiger partial charge in [0.15, 0.2) is 0 Å². The molecule has 0 spiro atoms. The molecular weight excluding hydrogens is 440 g/mol. The van der Waals surface area contributed by atoms with Crippen LogP contribution in [0.3, 0.4) is 0 Å². The summed E-state index contributed by atoms with van der Waals surface area (Å²) in [4.78, 5) is 16.7. The monoisotopic (exact) mass is 482 g/mol. The van der Waals surface area contributed by atoms with Gasteiger partial charge in [0.25, 0.3) is 0 Å². The first kappa shape index (κ1) is 26.9. The number of rotatable bonds is 7. The minimum atomic E-state index is -0.555. The zero-order chi connectivity index (χ0) is 25.4. The number of phenols is 1. The third-order valence-corrected chi connectivity index (χ3v) is 7.02. The second-order valence-electron chi connectivity index (χ2n) is 9.89. The van der Waals surface area contributed by atoms with Crippen LogP contribution in [0.5, 0.6) is 5.75 Å². The zero-order valence-electron chi connectivity index (χ0n) is 21.8. The van der Waals surface area contributed by atoms with Gasteiger partial charge in [-0.1, -0.05) is 38.3 Å². The summed E-state index contributed by atoms with van der Waals surface area (Å²) in [6.07, 6.45) is 9.02. The van der Waals surface area contributed by atoms with E-state index in [1.807, 2.05) is 19.9 Å². The molecule has 2 aliphatic carbocycles. The second kappa shape index (κ2) is 12.3. The maximum Gasteiger partial charge on any atom is 0.131 e. The molecule has 0 amide bonds. The SMILES string of the molecule is CCN(CC)CCCO/N=C1\c2cc(O)ccc2-c2ncnc(N)c2C1(C)C.NC1CCCCC1. The van der Waals surface area contributed by atoms with Gasteiger partial charge in [0, 0.05) is 34.7 Å². The fourth-order valence-corrected chi connectivity index (χ4v) is 4.91. The Morgan fingerprint density at radius 3 is 2.46 bits per heavy atom. The molecule has 0 unspecified atom stereocenters. The molecule has 5 N–H and O–H groups in total. The number of hydrogen-bond donors (Lipinski definition) is 3. The number of oxime groups is 1. The summed E-state index contributed by atoms with van der Waals surface area (Å²) in [6, 6.07) is 5.72. The molecule has 192 valence electrons. The number of hydrogen-bond acceptors (Lipinski definition) is 8. The number of aromatic nitrogens is 2. The van der Waals surface area contributed by atoms with Gasteiger partial charge < -0.3 is 26.3 Å². The molecule has 0 radical (unpaired) electrons. The van der Waals surface area contributed by atoms with Crippen LogP contribution in [0.15, 0.2) is 29.7 Å². The van der Waals surface area contributed by atoms with Crippen LogP contribution in [0.1, 0.15) is 77.3 Å². The van der Waals surface area contributed by atoms with Crippen molar-refractivity contribution in [3.05, 3.63) is 35.7 Å². The number of fused-ring (bicyclic) bond motifs is 3. The van der Waals surface area contributed by atoms with Crippen molar-refractivity contribution in [3.8, 4) is 17.0 Å². The zero-order valence-corrected chi connectivity index (χ0v) is 21.8. The van der Waals surface area contributed by atoms with E-state index >= 15 is 0 Å². The summed E-state index contributed by atoms with van der Waals surface area (Å²) in [5, 5.41) is 14.5. The number of benzene rings is 1. The lowest BCUT2D eigenvalue weighted by atomic mass is 9.70. The van der Waals surface area contributed by atoms with E-state index in [-0.39, 0.29) is 5.75 Å². The summed E-state index contributed by atoms with van der Waals surface area (Å²) < 4.78 is 0. The van der Waals surface area contributed by atoms with E-state index in [0.29, 0.717) is 18.5 Å². The van der Waals surface area contributed by atoms with Crippen molar-refractivity contribution in [3.63, 3.8) is 0 Å². The molecule has 1 fully saturated rings. The molecule has 0 saturated heterocycles. The highest BCUT2D eigenvalue weighted by Crippen LogP contribution is 2.45. The van der Waals surface area contributed by atoms with Crippen molar-refractivity contribution in [2.75, 3.05) is 32.0 Å². The van der Waals surface area contributed by atoms with Gasteiger partial charge >= 0.3 is 0 Å². The molecule has 8 heteroatoms. The van der Waals surface area contributed by atoms with Crippen molar-refractivity contribution in [2.24, 2.45) is 10.9 Å². The number of nitrogens with two attached hydrogens (primary N) is 2. The third kappa shape index (κ3) is 6.49. The van der Waals surface area contributed by atoms with Crippen molar-refractivity contribution < 1.29 is 9.94 Å². The van der Waals surface area contributed by atoms with Gasteiger partial charge in [-0.15, -0.1) is 0 Å². The molecule has 1 saturated carbocycles. The Hall–Kier alpha value is -2.71. The second-order valence-corrected chi connectivity index (χ2v) is 9.89. The third-order valence-electron chi connectivity index (χ3n) is 7.02. The van der Waals surface area contributed by atoms with Crippen LogP contribution in [-0.4, -0.2) is 58.0 Å². The summed E-state index contributed by atoms with van der Waals surface area (Å²) in [6.45, 7) is 11.9. The molecule has 4 rings (SSSR count). The molecule has 35 heavy (non-hydrogen) atoms. The number of anilines is 1. The first-order valence-corrected chi connectivity index (χ1v) is 12.9. The van der Waals surface area contributed by atoms with Gasteiger partial charge in [-0.3, -0.25) is 0 Å². The van der Waals surface area contributed by atoms with E-state index < -0.39 is 5.41 Å². The van der Waals surface area contributed by atoms with Crippen LogP contribution in [0.25, 0.3) is 11.3 Å². The molecule has 2 aliphatic rings. The fourth-order valence-electron chi connectivity index (χ4n) is 4.91. The number of aromatic hydroxyl groups is 1. The Morgan fingerprint density at radius 2 is 1.83 bits per heavy atom. The van der Waals surface area contributed by atoms with Crippen molar-refractivity contribution in [2.45, 2.75) is 77.7 Å². The first-order valence-electron chi connectivity index (χ1n) is 12.9. The van der Waals surface area contributed by atoms with Crippen LogP contribution in [0.2, 0.25) is 0 Å². The molecule has 0 atom stereocenters. The maximum absolute atomic E-state index is 10.0. The maximum atomic E-state index is 10.0. The highest BCUT2D eigenvalue weighted by molar-refractivity contribution is 6.15. The summed E-state index contributed by atoms with van der Waals surface area (Å²) >= 11 is 0. The van der Waals surface area contributed by atoms with E-state index in [9.17, 15) is 5.11 Å². The van der Waals surface area contributed by atoms with E-state index in [1.165, 1.54) is 38.4 Å². The predicted molar refractivity (Wildman–Crippen MR) is 143 cm³/mol. The molecule has 2 aromatic rings. The van der Waals surface area contributed by atoms with Crippen LogP contribution in [0, 0.1) is 0 Å². The molecular formula is C27H42N6O2. The van der Waals surface area contributed by atoms with Crippen LogP contribution < -0.4 is 11.5 Å². The van der Waals surface area contributed by atoms with Gasteiger partial charge in [-0.05, 0) is 64.4 Å². The minimum absolute atomic E-state index is 0.175. The molecule has 1 aromatic carbocycles. The van der Waals surface area contributed by atoms with Gasteiger partial charge in [0.1, 0.15) is 24.5 Å². The lowest BCUT2D eigenvalue weighted by molar-refractivity contribution is 0.129. The van der Waals surface area contributed by atoms with Crippen molar-refractivity contribution in [1.82, 2.24) is 14.9 Å². The molecule has 1 aromatic heterocycles. The van der Waals surface area contributed by atoms with Crippen LogP contribution in [0.4, 0.5) is 5.82 Å². The van der Waals surface area contributed by atoms with Crippen molar-refractivity contribution >= 4 is 11.5 Å². The average molecular weight is 483 g/mol.